The molecule has 5 rings (SSSR count). The normalized spacial score (nSPS) is 11.2. The Morgan fingerprint density at radius 1 is 1.00 bits per heavy atom. The Morgan fingerprint density at radius 3 is 2.58 bits per heavy atom. The lowest BCUT2D eigenvalue weighted by Crippen LogP contribution is -2.17. The Labute approximate surface area is 177 Å². The molecule has 0 atom stereocenters. The number of nitrogens with one attached hydrogen (secondary N) is 1. The number of para-hydroxylation sites is 2. The lowest BCUT2D eigenvalue weighted by Gasteiger charge is -1.98. The van der Waals surface area contributed by atoms with Gasteiger partial charge in [-0.1, -0.05) is 36.4 Å². The number of aromatic nitrogens is 3. The van der Waals surface area contributed by atoms with Crippen molar-refractivity contribution < 1.29 is 9.21 Å². The smallest absolute Gasteiger partial charge is 0.271 e. The van der Waals surface area contributed by atoms with E-state index in [2.05, 4.69) is 15.5 Å². The van der Waals surface area contributed by atoms with E-state index in [1.54, 1.807) is 35.4 Å². The first-order chi connectivity index (χ1) is 15.3. The molecule has 31 heavy (non-hydrogen) atoms. The van der Waals surface area contributed by atoms with E-state index >= 15 is 0 Å². The molecule has 1 amide bonds. The van der Waals surface area contributed by atoms with Crippen LogP contribution >= 0.6 is 0 Å². The van der Waals surface area contributed by atoms with Gasteiger partial charge in [-0.2, -0.15) is 10.2 Å². The SMILES string of the molecule is O=C(N/N=C/c1cn(-c2ccccc2)nc1-c1cc2ccccc2o1)c1ccncc1. The molecule has 0 saturated carbocycles. The predicted molar refractivity (Wildman–Crippen MR) is 118 cm³/mol. The zero-order valence-electron chi connectivity index (χ0n) is 16.3. The number of hydrogen-bond donors (Lipinski definition) is 1. The van der Waals surface area contributed by atoms with Gasteiger partial charge in [0.2, 0.25) is 0 Å². The van der Waals surface area contributed by atoms with Crippen molar-refractivity contribution in [2.75, 3.05) is 0 Å². The van der Waals surface area contributed by atoms with Gasteiger partial charge in [0, 0.05) is 35.1 Å². The summed E-state index contributed by atoms with van der Waals surface area (Å²) in [5.41, 5.74) is 6.03. The lowest BCUT2D eigenvalue weighted by molar-refractivity contribution is 0.0955. The number of rotatable bonds is 5. The molecule has 3 aromatic heterocycles. The summed E-state index contributed by atoms with van der Waals surface area (Å²) in [7, 11) is 0. The zero-order valence-corrected chi connectivity index (χ0v) is 16.3. The molecule has 7 nitrogen and oxygen atoms in total. The summed E-state index contributed by atoms with van der Waals surface area (Å²) in [4.78, 5) is 16.2. The molecule has 0 saturated heterocycles. The van der Waals surface area contributed by atoms with E-state index in [9.17, 15) is 4.79 Å². The molecular formula is C24H17N5O2. The first kappa shape index (κ1) is 18.5. The molecule has 0 radical (unpaired) electrons. The van der Waals surface area contributed by atoms with Crippen LogP contribution in [0.2, 0.25) is 0 Å². The van der Waals surface area contributed by atoms with E-state index < -0.39 is 0 Å². The minimum atomic E-state index is -0.320. The van der Waals surface area contributed by atoms with E-state index in [0.29, 0.717) is 22.6 Å². The molecule has 0 spiro atoms. The molecule has 0 unspecified atom stereocenters. The van der Waals surface area contributed by atoms with Gasteiger partial charge in [-0.3, -0.25) is 9.78 Å². The Bertz CT molecular complexity index is 1340. The molecule has 7 heteroatoms. The van der Waals surface area contributed by atoms with E-state index in [1.165, 1.54) is 0 Å². The summed E-state index contributed by atoms with van der Waals surface area (Å²) in [5.74, 6) is 0.303. The van der Waals surface area contributed by atoms with Crippen molar-refractivity contribution in [3.05, 3.63) is 103 Å². The van der Waals surface area contributed by atoms with Crippen molar-refractivity contribution >= 4 is 23.1 Å². The number of nitrogens with zero attached hydrogens (tertiary/aromatic N) is 4. The third-order valence-corrected chi connectivity index (χ3v) is 4.73. The minimum absolute atomic E-state index is 0.320. The molecule has 150 valence electrons. The highest BCUT2D eigenvalue weighted by Gasteiger charge is 2.15. The van der Waals surface area contributed by atoms with Crippen LogP contribution in [0.5, 0.6) is 0 Å². The molecule has 1 N–H and O–H groups in total. The number of fused-ring (bicyclic) bond motifs is 1. The van der Waals surface area contributed by atoms with Gasteiger partial charge in [0.1, 0.15) is 11.3 Å². The van der Waals surface area contributed by atoms with Crippen LogP contribution in [0.25, 0.3) is 28.1 Å². The Morgan fingerprint density at radius 2 is 1.77 bits per heavy atom. The van der Waals surface area contributed by atoms with Gasteiger partial charge in [0.05, 0.1) is 11.9 Å². The maximum Gasteiger partial charge on any atom is 0.271 e. The van der Waals surface area contributed by atoms with E-state index in [1.807, 2.05) is 66.9 Å². The third kappa shape index (κ3) is 3.84. The fourth-order valence-electron chi connectivity index (χ4n) is 3.21. The van der Waals surface area contributed by atoms with Gasteiger partial charge in [0.15, 0.2) is 5.76 Å². The number of benzene rings is 2. The lowest BCUT2D eigenvalue weighted by atomic mass is 10.2. The maximum absolute atomic E-state index is 12.2. The van der Waals surface area contributed by atoms with Gasteiger partial charge < -0.3 is 4.42 Å². The highest BCUT2D eigenvalue weighted by molar-refractivity contribution is 5.95. The summed E-state index contributed by atoms with van der Waals surface area (Å²) >= 11 is 0. The van der Waals surface area contributed by atoms with Gasteiger partial charge in [-0.25, -0.2) is 10.1 Å². The molecule has 2 aromatic carbocycles. The largest absolute Gasteiger partial charge is 0.454 e. The third-order valence-electron chi connectivity index (χ3n) is 4.73. The number of hydrogen-bond acceptors (Lipinski definition) is 5. The summed E-state index contributed by atoms with van der Waals surface area (Å²) in [5, 5.41) is 9.82. The monoisotopic (exact) mass is 407 g/mol. The van der Waals surface area contributed by atoms with E-state index in [-0.39, 0.29) is 5.91 Å². The highest BCUT2D eigenvalue weighted by atomic mass is 16.3. The molecule has 0 aliphatic rings. The van der Waals surface area contributed by atoms with Crippen molar-refractivity contribution in [2.45, 2.75) is 0 Å². The average molecular weight is 407 g/mol. The molecule has 0 aliphatic heterocycles. The summed E-state index contributed by atoms with van der Waals surface area (Å²) in [6.07, 6.45) is 6.53. The second-order valence-corrected chi connectivity index (χ2v) is 6.80. The topological polar surface area (TPSA) is 85.3 Å². The summed E-state index contributed by atoms with van der Waals surface area (Å²) in [6, 6.07) is 22.7. The minimum Gasteiger partial charge on any atom is -0.454 e. The van der Waals surface area contributed by atoms with Crippen LogP contribution in [0.1, 0.15) is 15.9 Å². The van der Waals surface area contributed by atoms with Crippen molar-refractivity contribution in [3.8, 4) is 17.1 Å². The molecule has 0 aliphatic carbocycles. The molecule has 3 heterocycles. The van der Waals surface area contributed by atoms with Gasteiger partial charge in [0.25, 0.3) is 5.91 Å². The number of hydrazone groups is 1. The summed E-state index contributed by atoms with van der Waals surface area (Å²) < 4.78 is 7.77. The molecule has 0 bridgehead atoms. The quantitative estimate of drug-likeness (QED) is 0.345. The molecule has 0 fully saturated rings. The van der Waals surface area contributed by atoms with Crippen LogP contribution in [-0.4, -0.2) is 26.9 Å². The number of amides is 1. The van der Waals surface area contributed by atoms with Gasteiger partial charge >= 0.3 is 0 Å². The highest BCUT2D eigenvalue weighted by Crippen LogP contribution is 2.29. The second kappa shape index (κ2) is 8.08. The van der Waals surface area contributed by atoms with Crippen molar-refractivity contribution in [3.63, 3.8) is 0 Å². The Hall–Kier alpha value is -4.52. The Balaban J connectivity index is 1.50. The van der Waals surface area contributed by atoms with Crippen molar-refractivity contribution in [2.24, 2.45) is 5.10 Å². The van der Waals surface area contributed by atoms with Crippen LogP contribution < -0.4 is 5.43 Å². The van der Waals surface area contributed by atoms with Crippen LogP contribution in [0, 0.1) is 0 Å². The number of pyridine rings is 1. The number of furan rings is 1. The zero-order chi connectivity index (χ0) is 21.0. The fourth-order valence-corrected chi connectivity index (χ4v) is 3.21. The Kier molecular flexibility index (Phi) is 4.82. The first-order valence-corrected chi connectivity index (χ1v) is 9.65. The first-order valence-electron chi connectivity index (χ1n) is 9.65. The average Bonchev–Trinajstić information content (AvgIpc) is 3.44. The van der Waals surface area contributed by atoms with E-state index in [0.717, 1.165) is 16.7 Å². The van der Waals surface area contributed by atoms with Gasteiger partial charge in [-0.15, -0.1) is 0 Å². The van der Waals surface area contributed by atoms with Crippen LogP contribution in [0.3, 0.4) is 0 Å². The van der Waals surface area contributed by atoms with Crippen molar-refractivity contribution in [1.29, 1.82) is 0 Å². The maximum atomic E-state index is 12.2. The van der Waals surface area contributed by atoms with Gasteiger partial charge in [-0.05, 0) is 36.4 Å². The molecular weight excluding hydrogens is 390 g/mol. The fraction of sp³-hybridized carbons (Fsp3) is 0. The van der Waals surface area contributed by atoms with E-state index in [4.69, 9.17) is 9.52 Å². The number of carbonyl (C=O) groups excluding carboxylic acids is 1. The van der Waals surface area contributed by atoms with Crippen LogP contribution in [-0.2, 0) is 0 Å². The second-order valence-electron chi connectivity index (χ2n) is 6.80. The van der Waals surface area contributed by atoms with Crippen LogP contribution in [0.15, 0.2) is 101 Å². The number of carbonyl (C=O) groups is 1. The predicted octanol–water partition coefficient (Wildman–Crippen LogP) is 4.44. The van der Waals surface area contributed by atoms with Crippen molar-refractivity contribution in [1.82, 2.24) is 20.2 Å². The summed E-state index contributed by atoms with van der Waals surface area (Å²) in [6.45, 7) is 0. The standard InChI is InChI=1S/C24H17N5O2/c30-24(17-10-12-25-13-11-17)27-26-15-19-16-29(20-7-2-1-3-8-20)28-23(19)22-14-18-6-4-5-9-21(18)31-22/h1-16H,(H,27,30)/b26-15+. The molecule has 5 aromatic rings. The van der Waals surface area contributed by atoms with Crippen LogP contribution in [0.4, 0.5) is 0 Å².